The van der Waals surface area contributed by atoms with E-state index in [1.165, 1.54) is 5.57 Å². The number of allylic oxidation sites excluding steroid dienone is 3. The first-order valence-electron chi connectivity index (χ1n) is 3.88. The van der Waals surface area contributed by atoms with Crippen LogP contribution in [0.1, 0.15) is 26.2 Å². The van der Waals surface area contributed by atoms with E-state index in [0.29, 0.717) is 6.04 Å². The standard InChI is InChI=1S/C9H15N/c1-8-4-2-6-9(10)7-3-5-8/h2,4-5,9H,3,6-7,10H2,1H3/b4-2-,8-5-. The van der Waals surface area contributed by atoms with Gasteiger partial charge in [-0.2, -0.15) is 0 Å². The highest BCUT2D eigenvalue weighted by molar-refractivity contribution is 5.17. The van der Waals surface area contributed by atoms with Crippen LogP contribution in [0, 0.1) is 0 Å². The van der Waals surface area contributed by atoms with Crippen LogP contribution in [0.25, 0.3) is 0 Å². The third-order valence-electron chi connectivity index (χ3n) is 1.82. The Hall–Kier alpha value is -0.560. The van der Waals surface area contributed by atoms with Gasteiger partial charge in [-0.15, -0.1) is 0 Å². The smallest absolute Gasteiger partial charge is 0.00764 e. The second-order valence-electron chi connectivity index (χ2n) is 2.92. The molecule has 1 aliphatic rings. The monoisotopic (exact) mass is 137 g/mol. The van der Waals surface area contributed by atoms with E-state index >= 15 is 0 Å². The molecular formula is C9H15N. The molecule has 0 heterocycles. The van der Waals surface area contributed by atoms with Crippen LogP contribution in [0.15, 0.2) is 23.8 Å². The van der Waals surface area contributed by atoms with Gasteiger partial charge < -0.3 is 5.73 Å². The summed E-state index contributed by atoms with van der Waals surface area (Å²) in [6.45, 7) is 2.13. The van der Waals surface area contributed by atoms with E-state index in [2.05, 4.69) is 25.2 Å². The number of nitrogens with two attached hydrogens (primary N) is 1. The molecule has 0 fully saturated rings. The molecule has 0 aliphatic heterocycles. The lowest BCUT2D eigenvalue weighted by atomic mass is 10.0. The van der Waals surface area contributed by atoms with Gasteiger partial charge in [0.15, 0.2) is 0 Å². The van der Waals surface area contributed by atoms with Gasteiger partial charge in [0.25, 0.3) is 0 Å². The van der Waals surface area contributed by atoms with Crippen molar-refractivity contribution in [3.8, 4) is 0 Å². The van der Waals surface area contributed by atoms with Crippen LogP contribution in [0.2, 0.25) is 0 Å². The van der Waals surface area contributed by atoms with Crippen molar-refractivity contribution in [1.82, 2.24) is 0 Å². The maximum absolute atomic E-state index is 5.77. The quantitative estimate of drug-likeness (QED) is 0.543. The molecule has 1 rings (SSSR count). The molecule has 0 saturated heterocycles. The topological polar surface area (TPSA) is 26.0 Å². The third-order valence-corrected chi connectivity index (χ3v) is 1.82. The van der Waals surface area contributed by atoms with E-state index in [4.69, 9.17) is 5.73 Å². The zero-order valence-electron chi connectivity index (χ0n) is 6.51. The highest BCUT2D eigenvalue weighted by Crippen LogP contribution is 2.08. The fourth-order valence-corrected chi connectivity index (χ4v) is 1.14. The Morgan fingerprint density at radius 1 is 1.60 bits per heavy atom. The summed E-state index contributed by atoms with van der Waals surface area (Å²) in [6.07, 6.45) is 9.86. The fourth-order valence-electron chi connectivity index (χ4n) is 1.14. The Bertz CT molecular complexity index is 156. The molecular weight excluding hydrogens is 122 g/mol. The zero-order valence-corrected chi connectivity index (χ0v) is 6.51. The highest BCUT2D eigenvalue weighted by Gasteiger charge is 1.99. The maximum Gasteiger partial charge on any atom is 0.00764 e. The van der Waals surface area contributed by atoms with E-state index in [1.54, 1.807) is 0 Å². The van der Waals surface area contributed by atoms with Crippen molar-refractivity contribution in [2.75, 3.05) is 0 Å². The zero-order chi connectivity index (χ0) is 7.40. The number of hydrogen-bond donors (Lipinski definition) is 1. The van der Waals surface area contributed by atoms with Gasteiger partial charge in [0.05, 0.1) is 0 Å². The molecule has 0 bridgehead atoms. The van der Waals surface area contributed by atoms with Gasteiger partial charge in [-0.05, 0) is 26.2 Å². The van der Waals surface area contributed by atoms with E-state index in [0.717, 1.165) is 19.3 Å². The van der Waals surface area contributed by atoms with Gasteiger partial charge in [-0.1, -0.05) is 23.8 Å². The van der Waals surface area contributed by atoms with Crippen LogP contribution in [-0.4, -0.2) is 6.04 Å². The van der Waals surface area contributed by atoms with Crippen LogP contribution in [0.3, 0.4) is 0 Å². The third kappa shape index (κ3) is 2.36. The molecule has 1 aliphatic carbocycles. The average Bonchev–Trinajstić information content (AvgIpc) is 1.84. The minimum Gasteiger partial charge on any atom is -0.327 e. The van der Waals surface area contributed by atoms with Crippen molar-refractivity contribution in [2.24, 2.45) is 5.73 Å². The lowest BCUT2D eigenvalue weighted by molar-refractivity contribution is 0.625. The molecule has 1 nitrogen and oxygen atoms in total. The van der Waals surface area contributed by atoms with E-state index in [9.17, 15) is 0 Å². The summed E-state index contributed by atoms with van der Waals surface area (Å²) in [5.41, 5.74) is 7.14. The molecule has 0 amide bonds. The molecule has 0 aromatic rings. The Morgan fingerprint density at radius 3 is 3.20 bits per heavy atom. The maximum atomic E-state index is 5.77. The van der Waals surface area contributed by atoms with Crippen LogP contribution in [0.5, 0.6) is 0 Å². The van der Waals surface area contributed by atoms with Crippen molar-refractivity contribution in [1.29, 1.82) is 0 Å². The predicted octanol–water partition coefficient (Wildman–Crippen LogP) is 2.00. The van der Waals surface area contributed by atoms with E-state index in [-0.39, 0.29) is 0 Å². The molecule has 1 unspecified atom stereocenters. The average molecular weight is 137 g/mol. The molecule has 0 saturated carbocycles. The molecule has 0 spiro atoms. The van der Waals surface area contributed by atoms with Crippen LogP contribution >= 0.6 is 0 Å². The largest absolute Gasteiger partial charge is 0.327 e. The summed E-state index contributed by atoms with van der Waals surface area (Å²) in [7, 11) is 0. The first kappa shape index (κ1) is 7.55. The molecule has 10 heavy (non-hydrogen) atoms. The van der Waals surface area contributed by atoms with Crippen molar-refractivity contribution in [3.63, 3.8) is 0 Å². The van der Waals surface area contributed by atoms with Gasteiger partial charge >= 0.3 is 0 Å². The van der Waals surface area contributed by atoms with Crippen LogP contribution in [-0.2, 0) is 0 Å². The Balaban J connectivity index is 2.51. The van der Waals surface area contributed by atoms with Crippen molar-refractivity contribution in [3.05, 3.63) is 23.8 Å². The van der Waals surface area contributed by atoms with E-state index < -0.39 is 0 Å². The van der Waals surface area contributed by atoms with Crippen molar-refractivity contribution < 1.29 is 0 Å². The number of rotatable bonds is 0. The lowest BCUT2D eigenvalue weighted by Crippen LogP contribution is -2.18. The van der Waals surface area contributed by atoms with Gasteiger partial charge in [0, 0.05) is 6.04 Å². The summed E-state index contributed by atoms with van der Waals surface area (Å²) >= 11 is 0. The molecule has 1 atom stereocenters. The van der Waals surface area contributed by atoms with Crippen LogP contribution < -0.4 is 5.73 Å². The van der Waals surface area contributed by atoms with Gasteiger partial charge in [-0.3, -0.25) is 0 Å². The first-order chi connectivity index (χ1) is 4.79. The summed E-state index contributed by atoms with van der Waals surface area (Å²) in [4.78, 5) is 0. The second kappa shape index (κ2) is 3.57. The SMILES string of the molecule is CC1=C/CCC(N)C/C=C\1. The predicted molar refractivity (Wildman–Crippen MR) is 44.7 cm³/mol. The lowest BCUT2D eigenvalue weighted by Gasteiger charge is -2.09. The molecule has 0 radical (unpaired) electrons. The molecule has 56 valence electrons. The summed E-state index contributed by atoms with van der Waals surface area (Å²) in [6, 6.07) is 0.376. The Morgan fingerprint density at radius 2 is 2.40 bits per heavy atom. The van der Waals surface area contributed by atoms with Gasteiger partial charge in [0.2, 0.25) is 0 Å². The first-order valence-corrected chi connectivity index (χ1v) is 3.88. The van der Waals surface area contributed by atoms with Gasteiger partial charge in [-0.25, -0.2) is 0 Å². The highest BCUT2D eigenvalue weighted by atomic mass is 14.6. The minimum atomic E-state index is 0.376. The fraction of sp³-hybridized carbons (Fsp3) is 0.556. The van der Waals surface area contributed by atoms with Gasteiger partial charge in [0.1, 0.15) is 0 Å². The van der Waals surface area contributed by atoms with Crippen molar-refractivity contribution >= 4 is 0 Å². The Labute approximate surface area is 62.6 Å². The van der Waals surface area contributed by atoms with E-state index in [1.807, 2.05) is 0 Å². The normalized spacial score (nSPS) is 35.4. The minimum absolute atomic E-state index is 0.376. The number of hydrogen-bond acceptors (Lipinski definition) is 1. The molecule has 1 heteroatoms. The van der Waals surface area contributed by atoms with Crippen molar-refractivity contribution in [2.45, 2.75) is 32.2 Å². The molecule has 0 aromatic carbocycles. The second-order valence-corrected chi connectivity index (χ2v) is 2.92. The summed E-state index contributed by atoms with van der Waals surface area (Å²) in [5.74, 6) is 0. The molecule has 0 aromatic heterocycles. The summed E-state index contributed by atoms with van der Waals surface area (Å²) in [5, 5.41) is 0. The van der Waals surface area contributed by atoms with Crippen LogP contribution in [0.4, 0.5) is 0 Å². The summed E-state index contributed by atoms with van der Waals surface area (Å²) < 4.78 is 0. The molecule has 2 N–H and O–H groups in total. The Kier molecular flexibility index (Phi) is 2.69.